The zero-order valence-corrected chi connectivity index (χ0v) is 8.71. The summed E-state index contributed by atoms with van der Waals surface area (Å²) in [4.78, 5) is 12.5. The highest BCUT2D eigenvalue weighted by atomic mass is 16.5. The maximum absolute atomic E-state index is 10.4. The van der Waals surface area contributed by atoms with E-state index < -0.39 is 0 Å². The van der Waals surface area contributed by atoms with Gasteiger partial charge in [0.15, 0.2) is 5.78 Å². The van der Waals surface area contributed by atoms with Crippen molar-refractivity contribution in [1.29, 1.82) is 0 Å². The number of Topliss-reactive ketones (excluding diaryl/α,β-unsaturated/α-hetero) is 1. The van der Waals surface area contributed by atoms with Crippen LogP contribution in [0.3, 0.4) is 0 Å². The van der Waals surface area contributed by atoms with Crippen LogP contribution in [0.4, 0.5) is 0 Å². The van der Waals surface area contributed by atoms with Crippen LogP contribution in [-0.2, 0) is 14.3 Å². The number of carbonyl (C=O) groups excluding carboxylic acids is 1. The van der Waals surface area contributed by atoms with Crippen LogP contribution in [0.15, 0.2) is 0 Å². The number of ketones is 1. The van der Waals surface area contributed by atoms with E-state index in [2.05, 4.69) is 4.90 Å². The van der Waals surface area contributed by atoms with Crippen molar-refractivity contribution in [2.75, 3.05) is 47.1 Å². The Labute approximate surface area is 79.8 Å². The lowest BCUT2D eigenvalue weighted by atomic mass is 10.5. The van der Waals surface area contributed by atoms with Crippen molar-refractivity contribution >= 4 is 5.78 Å². The van der Waals surface area contributed by atoms with Gasteiger partial charge in [-0.3, -0.25) is 4.79 Å². The molecule has 0 amide bonds. The Morgan fingerprint density at radius 2 is 1.77 bits per heavy atom. The van der Waals surface area contributed by atoms with Crippen molar-refractivity contribution in [2.24, 2.45) is 0 Å². The minimum Gasteiger partial charge on any atom is -0.378 e. The third kappa shape index (κ3) is 11.5. The minimum atomic E-state index is 0.0493. The van der Waals surface area contributed by atoms with Gasteiger partial charge in [0.05, 0.1) is 19.8 Å². The summed E-state index contributed by atoms with van der Waals surface area (Å²) in [5, 5.41) is 0. The van der Waals surface area contributed by atoms with Crippen LogP contribution in [0, 0.1) is 0 Å². The van der Waals surface area contributed by atoms with Crippen molar-refractivity contribution in [3.63, 3.8) is 0 Å². The third-order valence-electron chi connectivity index (χ3n) is 1.36. The average Bonchev–Trinajstić information content (AvgIpc) is 2.01. The van der Waals surface area contributed by atoms with Gasteiger partial charge in [-0.1, -0.05) is 0 Å². The Hall–Kier alpha value is -0.450. The second-order valence-electron chi connectivity index (χ2n) is 3.17. The van der Waals surface area contributed by atoms with Crippen molar-refractivity contribution in [3.8, 4) is 0 Å². The molecule has 0 saturated heterocycles. The van der Waals surface area contributed by atoms with Crippen molar-refractivity contribution in [3.05, 3.63) is 0 Å². The normalized spacial score (nSPS) is 10.8. The van der Waals surface area contributed by atoms with E-state index in [1.807, 2.05) is 14.1 Å². The lowest BCUT2D eigenvalue weighted by molar-refractivity contribution is -0.121. The molecular weight excluding hydrogens is 170 g/mol. The molecule has 0 saturated carbocycles. The molecule has 0 fully saturated rings. The topological polar surface area (TPSA) is 38.8 Å². The highest BCUT2D eigenvalue weighted by molar-refractivity contribution is 5.76. The average molecular weight is 189 g/mol. The number of carbonyl (C=O) groups is 1. The van der Waals surface area contributed by atoms with Crippen LogP contribution in [0.1, 0.15) is 6.92 Å². The molecule has 0 rings (SSSR count). The zero-order valence-electron chi connectivity index (χ0n) is 8.71. The Morgan fingerprint density at radius 3 is 2.31 bits per heavy atom. The fraction of sp³-hybridized carbons (Fsp3) is 0.889. The molecule has 0 aromatic heterocycles. The molecule has 13 heavy (non-hydrogen) atoms. The van der Waals surface area contributed by atoms with E-state index >= 15 is 0 Å². The highest BCUT2D eigenvalue weighted by Crippen LogP contribution is 1.81. The maximum atomic E-state index is 10.4. The first-order valence-electron chi connectivity index (χ1n) is 4.42. The molecule has 0 aliphatic carbocycles. The first kappa shape index (κ1) is 12.6. The molecule has 0 radical (unpaired) electrons. The van der Waals surface area contributed by atoms with Crippen LogP contribution >= 0.6 is 0 Å². The van der Waals surface area contributed by atoms with Gasteiger partial charge in [-0.25, -0.2) is 0 Å². The quantitative estimate of drug-likeness (QED) is 0.510. The molecule has 0 unspecified atom stereocenters. The Bertz CT molecular complexity index is 137. The smallest absolute Gasteiger partial charge is 0.155 e. The van der Waals surface area contributed by atoms with Crippen LogP contribution in [-0.4, -0.2) is 57.8 Å². The van der Waals surface area contributed by atoms with E-state index in [0.29, 0.717) is 19.8 Å². The number of rotatable bonds is 8. The van der Waals surface area contributed by atoms with E-state index in [1.54, 1.807) is 0 Å². The summed E-state index contributed by atoms with van der Waals surface area (Å²) in [5.74, 6) is 0.0493. The van der Waals surface area contributed by atoms with E-state index in [0.717, 1.165) is 6.54 Å². The van der Waals surface area contributed by atoms with Crippen LogP contribution in [0.25, 0.3) is 0 Å². The van der Waals surface area contributed by atoms with Gasteiger partial charge in [0, 0.05) is 6.54 Å². The van der Waals surface area contributed by atoms with Gasteiger partial charge in [0.2, 0.25) is 0 Å². The second-order valence-corrected chi connectivity index (χ2v) is 3.17. The summed E-state index contributed by atoms with van der Waals surface area (Å²) in [6.45, 7) is 4.36. The molecule has 0 N–H and O–H groups in total. The molecule has 0 aliphatic heterocycles. The monoisotopic (exact) mass is 189 g/mol. The second kappa shape index (κ2) is 8.16. The standard InChI is InChI=1S/C9H19NO3/c1-9(11)8-13-7-6-12-5-4-10(2)3/h4-8H2,1-3H3. The first-order valence-corrected chi connectivity index (χ1v) is 4.42. The van der Waals surface area contributed by atoms with E-state index in [9.17, 15) is 4.79 Å². The fourth-order valence-corrected chi connectivity index (χ4v) is 0.683. The molecule has 0 atom stereocenters. The Morgan fingerprint density at radius 1 is 1.15 bits per heavy atom. The van der Waals surface area contributed by atoms with Gasteiger partial charge >= 0.3 is 0 Å². The SMILES string of the molecule is CC(=O)COCCOCCN(C)C. The number of ether oxygens (including phenoxy) is 2. The summed E-state index contributed by atoms with van der Waals surface area (Å²) in [6.07, 6.45) is 0. The third-order valence-corrected chi connectivity index (χ3v) is 1.36. The van der Waals surface area contributed by atoms with Gasteiger partial charge in [0.1, 0.15) is 6.61 Å². The molecule has 0 aromatic rings. The fourth-order valence-electron chi connectivity index (χ4n) is 0.683. The molecule has 4 nitrogen and oxygen atoms in total. The molecule has 4 heteroatoms. The van der Waals surface area contributed by atoms with E-state index in [-0.39, 0.29) is 12.4 Å². The van der Waals surface area contributed by atoms with Crippen LogP contribution in [0.5, 0.6) is 0 Å². The largest absolute Gasteiger partial charge is 0.378 e. The van der Waals surface area contributed by atoms with Crippen molar-refractivity contribution < 1.29 is 14.3 Å². The van der Waals surface area contributed by atoms with Crippen molar-refractivity contribution in [2.45, 2.75) is 6.92 Å². The number of nitrogens with zero attached hydrogens (tertiary/aromatic N) is 1. The number of likely N-dealkylation sites (N-methyl/N-ethyl adjacent to an activating group) is 1. The van der Waals surface area contributed by atoms with E-state index in [1.165, 1.54) is 6.92 Å². The molecule has 0 aliphatic rings. The predicted octanol–water partition coefficient (Wildman–Crippen LogP) is 0.170. The molecule has 0 spiro atoms. The summed E-state index contributed by atoms with van der Waals surface area (Å²) in [5.41, 5.74) is 0. The lowest BCUT2D eigenvalue weighted by Crippen LogP contribution is -2.19. The zero-order chi connectivity index (χ0) is 10.1. The summed E-state index contributed by atoms with van der Waals surface area (Å²) in [6, 6.07) is 0. The maximum Gasteiger partial charge on any atom is 0.155 e. The van der Waals surface area contributed by atoms with Crippen LogP contribution in [0.2, 0.25) is 0 Å². The first-order chi connectivity index (χ1) is 6.13. The predicted molar refractivity (Wildman–Crippen MR) is 50.9 cm³/mol. The molecular formula is C9H19NO3. The number of hydrogen-bond acceptors (Lipinski definition) is 4. The lowest BCUT2D eigenvalue weighted by Gasteiger charge is -2.09. The highest BCUT2D eigenvalue weighted by Gasteiger charge is 1.93. The van der Waals surface area contributed by atoms with Gasteiger partial charge < -0.3 is 14.4 Å². The molecule has 0 bridgehead atoms. The Balaban J connectivity index is 2.96. The Kier molecular flexibility index (Phi) is 7.88. The van der Waals surface area contributed by atoms with Gasteiger partial charge in [-0.05, 0) is 21.0 Å². The summed E-state index contributed by atoms with van der Waals surface area (Å²) in [7, 11) is 3.99. The van der Waals surface area contributed by atoms with Gasteiger partial charge in [-0.2, -0.15) is 0 Å². The van der Waals surface area contributed by atoms with Gasteiger partial charge in [-0.15, -0.1) is 0 Å². The molecule has 78 valence electrons. The van der Waals surface area contributed by atoms with Crippen LogP contribution < -0.4 is 0 Å². The summed E-state index contributed by atoms with van der Waals surface area (Å²) >= 11 is 0. The minimum absolute atomic E-state index is 0.0493. The number of hydrogen-bond donors (Lipinski definition) is 0. The molecule has 0 aromatic carbocycles. The van der Waals surface area contributed by atoms with E-state index in [4.69, 9.17) is 9.47 Å². The molecule has 0 heterocycles. The van der Waals surface area contributed by atoms with Crippen molar-refractivity contribution in [1.82, 2.24) is 4.90 Å². The van der Waals surface area contributed by atoms with Gasteiger partial charge in [0.25, 0.3) is 0 Å². The summed E-state index contributed by atoms with van der Waals surface area (Å²) < 4.78 is 10.3.